The molecule has 1 saturated heterocycles. The molecule has 1 aliphatic rings. The van der Waals surface area contributed by atoms with E-state index in [-0.39, 0.29) is 19.4 Å². The van der Waals surface area contributed by atoms with E-state index in [9.17, 15) is 37.9 Å². The highest BCUT2D eigenvalue weighted by molar-refractivity contribution is 7.85. The van der Waals surface area contributed by atoms with Crippen LogP contribution in [0.1, 0.15) is 206 Å². The molecular formula is C57H96O12S. The molecule has 12 nitrogen and oxygen atoms in total. The van der Waals surface area contributed by atoms with Crippen LogP contribution >= 0.6 is 0 Å². The summed E-state index contributed by atoms with van der Waals surface area (Å²) < 4.78 is 54.2. The Balaban J connectivity index is 2.39. The first-order valence-electron chi connectivity index (χ1n) is 27.1. The summed E-state index contributed by atoms with van der Waals surface area (Å²) >= 11 is 0. The zero-order chi connectivity index (χ0) is 51.2. The minimum Gasteiger partial charge on any atom is -0.462 e. The van der Waals surface area contributed by atoms with E-state index in [1.165, 1.54) is 109 Å². The number of rotatable bonds is 45. The van der Waals surface area contributed by atoms with E-state index in [4.69, 9.17) is 18.9 Å². The molecule has 0 aromatic heterocycles. The summed E-state index contributed by atoms with van der Waals surface area (Å²) in [6.45, 7) is 3.61. The molecule has 1 rings (SSSR count). The predicted octanol–water partition coefficient (Wildman–Crippen LogP) is 12.8. The average Bonchev–Trinajstić information content (AvgIpc) is 3.33. The highest BCUT2D eigenvalue weighted by Gasteiger charge is 2.46. The lowest BCUT2D eigenvalue weighted by atomic mass is 10.00. The lowest BCUT2D eigenvalue weighted by Crippen LogP contribution is -2.60. The quantitative estimate of drug-likeness (QED) is 0.0196. The molecule has 1 aliphatic heterocycles. The largest absolute Gasteiger partial charge is 0.462 e. The number of hydrogen-bond acceptors (Lipinski definition) is 11. The molecule has 4 N–H and O–H groups in total. The van der Waals surface area contributed by atoms with Crippen molar-refractivity contribution in [1.29, 1.82) is 0 Å². The van der Waals surface area contributed by atoms with Crippen LogP contribution in [0.15, 0.2) is 85.1 Å². The molecule has 1 heterocycles. The van der Waals surface area contributed by atoms with E-state index in [2.05, 4.69) is 86.8 Å². The molecule has 402 valence electrons. The Morgan fingerprint density at radius 3 is 1.40 bits per heavy atom. The van der Waals surface area contributed by atoms with Crippen LogP contribution in [-0.4, -0.2) is 96.0 Å². The minimum absolute atomic E-state index is 0.0355. The molecule has 70 heavy (non-hydrogen) atoms. The Morgan fingerprint density at radius 2 is 0.929 bits per heavy atom. The summed E-state index contributed by atoms with van der Waals surface area (Å²) in [5, 5.41) is 31.0. The van der Waals surface area contributed by atoms with E-state index < -0.39 is 71.2 Å². The van der Waals surface area contributed by atoms with Crippen LogP contribution in [0.3, 0.4) is 0 Å². The Kier molecular flexibility index (Phi) is 42.3. The summed E-state index contributed by atoms with van der Waals surface area (Å²) in [4.78, 5) is 25.5. The van der Waals surface area contributed by atoms with Gasteiger partial charge in [-0.15, -0.1) is 0 Å². The van der Waals surface area contributed by atoms with E-state index in [0.717, 1.165) is 51.4 Å². The fourth-order valence-corrected chi connectivity index (χ4v) is 8.51. The summed E-state index contributed by atoms with van der Waals surface area (Å²) in [6, 6.07) is 0. The highest BCUT2D eigenvalue weighted by atomic mass is 32.2. The van der Waals surface area contributed by atoms with Gasteiger partial charge in [-0.1, -0.05) is 202 Å². The van der Waals surface area contributed by atoms with Crippen LogP contribution < -0.4 is 0 Å². The fourth-order valence-electron chi connectivity index (χ4n) is 7.82. The third-order valence-corrected chi connectivity index (χ3v) is 12.7. The van der Waals surface area contributed by atoms with Crippen molar-refractivity contribution in [2.24, 2.45) is 0 Å². The second kappa shape index (κ2) is 45.7. The van der Waals surface area contributed by atoms with Gasteiger partial charge in [0.05, 0.1) is 6.61 Å². The average molecular weight is 1010 g/mol. The number of hydrogen-bond donors (Lipinski definition) is 4. The minimum atomic E-state index is -4.62. The number of unbranched alkanes of at least 4 members (excludes halogenated alkanes) is 19. The van der Waals surface area contributed by atoms with E-state index in [1.54, 1.807) is 0 Å². The number of carbonyl (C=O) groups excluding carboxylic acids is 2. The standard InChI is InChI=1S/C57H96O12S/c1-3-5-7-9-11-13-15-17-19-21-23-24-25-26-28-29-31-33-35-37-39-41-43-45-52(58)66-47-50(48-67-57-56(62)55(61)54(60)51(69-57)49-70(63,64)65)68-53(59)46-44-42-40-38-36-34-32-30-27-22-20-18-16-14-12-10-8-6-4-2/h6,8,12,14,18,20-21,23,27,30,34,36,40,42,50-51,54-57,60-62H,3-5,7,9-11,13,15-17,19,22,24-26,28-29,31-33,35,37-39,41,43-49H2,1-2H3,(H,63,64,65)/b8-6-,14-12-,20-18-,23-21-,30-27-,36-34-,42-40-. The van der Waals surface area contributed by atoms with Gasteiger partial charge in [0.25, 0.3) is 10.1 Å². The zero-order valence-corrected chi connectivity index (χ0v) is 44.2. The first-order chi connectivity index (χ1) is 34.0. The van der Waals surface area contributed by atoms with Gasteiger partial charge in [0.15, 0.2) is 12.4 Å². The fraction of sp³-hybridized carbons (Fsp3) is 0.719. The summed E-state index contributed by atoms with van der Waals surface area (Å²) in [5.74, 6) is -2.10. The van der Waals surface area contributed by atoms with Crippen LogP contribution in [0, 0.1) is 0 Å². The van der Waals surface area contributed by atoms with E-state index in [0.29, 0.717) is 19.3 Å². The molecule has 0 aromatic carbocycles. The van der Waals surface area contributed by atoms with E-state index in [1.807, 2.05) is 12.2 Å². The third kappa shape index (κ3) is 39.4. The van der Waals surface area contributed by atoms with Crippen LogP contribution in [0.4, 0.5) is 0 Å². The number of carbonyl (C=O) groups is 2. The second-order valence-corrected chi connectivity index (χ2v) is 20.0. The van der Waals surface area contributed by atoms with E-state index >= 15 is 0 Å². The molecule has 0 spiro atoms. The van der Waals surface area contributed by atoms with Crippen molar-refractivity contribution in [3.8, 4) is 0 Å². The van der Waals surface area contributed by atoms with Crippen molar-refractivity contribution in [2.45, 2.75) is 243 Å². The molecule has 6 atom stereocenters. The van der Waals surface area contributed by atoms with Crippen molar-refractivity contribution in [1.82, 2.24) is 0 Å². The summed E-state index contributed by atoms with van der Waals surface area (Å²) in [6.07, 6.45) is 52.1. The molecule has 0 saturated carbocycles. The molecule has 0 aromatic rings. The monoisotopic (exact) mass is 1000 g/mol. The maximum absolute atomic E-state index is 12.8. The molecule has 1 fully saturated rings. The normalized spacial score (nSPS) is 19.7. The van der Waals surface area contributed by atoms with Gasteiger partial charge in [0, 0.05) is 12.8 Å². The van der Waals surface area contributed by atoms with Crippen LogP contribution in [0.25, 0.3) is 0 Å². The first kappa shape index (κ1) is 64.8. The number of allylic oxidation sites excluding steroid dienone is 14. The summed E-state index contributed by atoms with van der Waals surface area (Å²) in [5.41, 5.74) is 0. The Labute approximate surface area is 424 Å². The van der Waals surface area contributed by atoms with Crippen LogP contribution in [0.5, 0.6) is 0 Å². The Bertz CT molecular complexity index is 1600. The number of esters is 2. The zero-order valence-electron chi connectivity index (χ0n) is 43.3. The molecular weight excluding hydrogens is 909 g/mol. The number of aliphatic hydroxyl groups excluding tert-OH is 3. The molecule has 0 aliphatic carbocycles. The van der Waals surface area contributed by atoms with Gasteiger partial charge in [0.1, 0.15) is 36.8 Å². The van der Waals surface area contributed by atoms with Gasteiger partial charge < -0.3 is 34.3 Å². The van der Waals surface area contributed by atoms with Crippen molar-refractivity contribution >= 4 is 22.1 Å². The molecule has 6 unspecified atom stereocenters. The predicted molar refractivity (Wildman–Crippen MR) is 284 cm³/mol. The summed E-state index contributed by atoms with van der Waals surface area (Å²) in [7, 11) is -4.62. The third-order valence-electron chi connectivity index (χ3n) is 12.0. The maximum atomic E-state index is 12.8. The molecule has 0 bridgehead atoms. The first-order valence-corrected chi connectivity index (χ1v) is 28.8. The SMILES string of the molecule is CC/C=C\C/C=C\C/C=C\C/C=C\C/C=C\C/C=C\CCC(=O)OC(COC(=O)CCCCCCCCCCCCC/C=C\CCCCCCCCCC)COC1OC(CS(=O)(=O)O)C(O)C(O)C1O. The van der Waals surface area contributed by atoms with Crippen molar-refractivity contribution < 1.29 is 56.8 Å². The molecule has 0 radical (unpaired) electrons. The van der Waals surface area contributed by atoms with Gasteiger partial charge in [-0.2, -0.15) is 8.42 Å². The topological polar surface area (TPSA) is 186 Å². The number of aliphatic hydroxyl groups is 3. The molecule has 13 heteroatoms. The van der Waals surface area contributed by atoms with Crippen molar-refractivity contribution in [3.63, 3.8) is 0 Å². The Hall–Kier alpha value is -3.17. The van der Waals surface area contributed by atoms with Crippen molar-refractivity contribution in [2.75, 3.05) is 19.0 Å². The van der Waals surface area contributed by atoms with Gasteiger partial charge >= 0.3 is 11.9 Å². The Morgan fingerprint density at radius 1 is 0.500 bits per heavy atom. The lowest BCUT2D eigenvalue weighted by molar-refractivity contribution is -0.297. The van der Waals surface area contributed by atoms with Gasteiger partial charge in [0.2, 0.25) is 0 Å². The second-order valence-electron chi connectivity index (χ2n) is 18.5. The molecule has 0 amide bonds. The van der Waals surface area contributed by atoms with Crippen molar-refractivity contribution in [3.05, 3.63) is 85.1 Å². The van der Waals surface area contributed by atoms with Crippen LogP contribution in [0.2, 0.25) is 0 Å². The highest BCUT2D eigenvalue weighted by Crippen LogP contribution is 2.24. The van der Waals surface area contributed by atoms with Gasteiger partial charge in [-0.25, -0.2) is 0 Å². The van der Waals surface area contributed by atoms with Gasteiger partial charge in [-0.05, 0) is 77.0 Å². The maximum Gasteiger partial charge on any atom is 0.306 e. The number of ether oxygens (including phenoxy) is 4. The van der Waals surface area contributed by atoms with Crippen LogP contribution in [-0.2, 0) is 38.7 Å². The lowest BCUT2D eigenvalue weighted by Gasteiger charge is -2.40. The smallest absolute Gasteiger partial charge is 0.306 e. The van der Waals surface area contributed by atoms with Gasteiger partial charge in [-0.3, -0.25) is 14.1 Å².